The maximum absolute atomic E-state index is 13.2. The van der Waals surface area contributed by atoms with Crippen molar-refractivity contribution in [1.82, 2.24) is 41.1 Å². The number of carbonyl (C=O) groups is 4. The summed E-state index contributed by atoms with van der Waals surface area (Å²) in [5.41, 5.74) is 0.893. The van der Waals surface area contributed by atoms with Gasteiger partial charge in [-0.1, -0.05) is 42.1 Å². The summed E-state index contributed by atoms with van der Waals surface area (Å²) in [6.07, 6.45) is 0. The first-order valence-electron chi connectivity index (χ1n) is 10.8. The molecular weight excluding hydrogens is 522 g/mol. The van der Waals surface area contributed by atoms with Crippen LogP contribution in [0.25, 0.3) is 0 Å². The van der Waals surface area contributed by atoms with E-state index in [-0.39, 0.29) is 18.0 Å². The molecular formula is C21H21N9O5S2. The molecule has 0 spiro atoms. The number of nitriles is 1. The van der Waals surface area contributed by atoms with Crippen molar-refractivity contribution in [2.75, 3.05) is 18.1 Å². The number of carboxylic acids is 1. The molecule has 1 saturated heterocycles. The topological polar surface area (TPSA) is 195 Å². The molecule has 1 fully saturated rings. The van der Waals surface area contributed by atoms with Crippen LogP contribution < -0.4 is 16.0 Å². The van der Waals surface area contributed by atoms with Crippen LogP contribution in [0.15, 0.2) is 46.8 Å². The van der Waals surface area contributed by atoms with Gasteiger partial charge in [0, 0.05) is 18.6 Å². The van der Waals surface area contributed by atoms with Crippen LogP contribution in [0.3, 0.4) is 0 Å². The SMILES string of the molecule is Cn1nnnc1SCC1=C(C(=O)O)N2C(=O)[C@H](NC(=O)C(NC(=O)NCC#N)c3ccccc3)C2SC1. The van der Waals surface area contributed by atoms with Gasteiger partial charge >= 0.3 is 12.0 Å². The predicted octanol–water partition coefficient (Wildman–Crippen LogP) is -0.395. The molecule has 0 aliphatic carbocycles. The van der Waals surface area contributed by atoms with Gasteiger partial charge in [0.15, 0.2) is 0 Å². The number of benzene rings is 1. The Morgan fingerprint density at radius 2 is 2.08 bits per heavy atom. The minimum atomic E-state index is -1.24. The third-order valence-electron chi connectivity index (χ3n) is 5.50. The third kappa shape index (κ3) is 5.52. The summed E-state index contributed by atoms with van der Waals surface area (Å²) >= 11 is 2.58. The van der Waals surface area contributed by atoms with Gasteiger partial charge in [-0.3, -0.25) is 14.5 Å². The molecule has 4 amide bonds. The maximum Gasteiger partial charge on any atom is 0.352 e. The van der Waals surface area contributed by atoms with E-state index >= 15 is 0 Å². The Hall–Kier alpha value is -4.10. The van der Waals surface area contributed by atoms with Crippen molar-refractivity contribution in [2.24, 2.45) is 7.05 Å². The summed E-state index contributed by atoms with van der Waals surface area (Å²) in [5, 5.41) is 37.0. The van der Waals surface area contributed by atoms with E-state index < -0.39 is 41.3 Å². The van der Waals surface area contributed by atoms with E-state index in [1.807, 2.05) is 0 Å². The molecule has 2 aromatic rings. The normalized spacial score (nSPS) is 19.2. The van der Waals surface area contributed by atoms with Gasteiger partial charge in [-0.2, -0.15) is 5.26 Å². The van der Waals surface area contributed by atoms with Crippen LogP contribution in [0.4, 0.5) is 4.79 Å². The lowest BCUT2D eigenvalue weighted by Crippen LogP contribution is -2.71. The molecule has 2 aliphatic rings. The Bertz CT molecular complexity index is 1290. The van der Waals surface area contributed by atoms with Crippen LogP contribution in [0, 0.1) is 11.3 Å². The Morgan fingerprint density at radius 1 is 1.32 bits per heavy atom. The molecule has 4 rings (SSSR count). The number of carboxylic acid groups (broad SMARTS) is 1. The van der Waals surface area contributed by atoms with Crippen molar-refractivity contribution >= 4 is 47.3 Å². The zero-order chi connectivity index (χ0) is 26.5. The van der Waals surface area contributed by atoms with Gasteiger partial charge in [-0.15, -0.1) is 16.9 Å². The van der Waals surface area contributed by atoms with E-state index in [1.54, 1.807) is 43.4 Å². The van der Waals surface area contributed by atoms with Crippen molar-refractivity contribution in [3.05, 3.63) is 47.2 Å². The second-order valence-corrected chi connectivity index (χ2v) is 9.90. The number of thioether (sulfide) groups is 2. The fourth-order valence-corrected chi connectivity index (χ4v) is 6.11. The van der Waals surface area contributed by atoms with E-state index in [0.717, 1.165) is 0 Å². The summed E-state index contributed by atoms with van der Waals surface area (Å²) in [7, 11) is 1.66. The van der Waals surface area contributed by atoms with Crippen LogP contribution in [0.5, 0.6) is 0 Å². The van der Waals surface area contributed by atoms with Gasteiger partial charge in [0.1, 0.15) is 29.7 Å². The summed E-state index contributed by atoms with van der Waals surface area (Å²) in [5.74, 6) is -1.85. The number of fused-ring (bicyclic) bond motifs is 1. The van der Waals surface area contributed by atoms with Crippen LogP contribution in [-0.2, 0) is 21.4 Å². The fraction of sp³-hybridized carbons (Fsp3) is 0.333. The average molecular weight is 544 g/mol. The number of hydrogen-bond acceptors (Lipinski definition) is 10. The molecule has 4 N–H and O–H groups in total. The number of aliphatic carboxylic acids is 1. The van der Waals surface area contributed by atoms with Crippen LogP contribution in [0.2, 0.25) is 0 Å². The molecule has 0 radical (unpaired) electrons. The zero-order valence-electron chi connectivity index (χ0n) is 19.3. The number of rotatable bonds is 9. The average Bonchev–Trinajstić information content (AvgIpc) is 3.31. The number of β-lactam (4-membered cyclic amide) rings is 1. The summed E-state index contributed by atoms with van der Waals surface area (Å²) in [4.78, 5) is 51.6. The Morgan fingerprint density at radius 3 is 2.73 bits per heavy atom. The van der Waals surface area contributed by atoms with E-state index in [9.17, 15) is 24.3 Å². The van der Waals surface area contributed by atoms with Gasteiger partial charge in [0.25, 0.3) is 5.91 Å². The fourth-order valence-electron chi connectivity index (χ4n) is 3.77. The number of hydrogen-bond donors (Lipinski definition) is 4. The smallest absolute Gasteiger partial charge is 0.352 e. The van der Waals surface area contributed by atoms with Crippen LogP contribution in [0.1, 0.15) is 11.6 Å². The van der Waals surface area contributed by atoms with Crippen molar-refractivity contribution in [3.8, 4) is 6.07 Å². The zero-order valence-corrected chi connectivity index (χ0v) is 21.0. The Labute approximate surface area is 218 Å². The van der Waals surface area contributed by atoms with Crippen LogP contribution >= 0.6 is 23.5 Å². The molecule has 192 valence electrons. The molecule has 37 heavy (non-hydrogen) atoms. The first-order valence-corrected chi connectivity index (χ1v) is 12.9. The summed E-state index contributed by atoms with van der Waals surface area (Å²) < 4.78 is 1.46. The molecule has 1 aromatic heterocycles. The van der Waals surface area contributed by atoms with Crippen molar-refractivity contribution in [1.29, 1.82) is 5.26 Å². The maximum atomic E-state index is 13.2. The van der Waals surface area contributed by atoms with Crippen molar-refractivity contribution in [3.63, 3.8) is 0 Å². The second kappa shape index (κ2) is 11.3. The standard InChI is InChI=1S/C21H21N9O5S2/c1-29-21(26-27-28-29)37-10-12-9-36-18-14(17(32)30(18)15(12)19(33)34)24-16(31)13(11-5-3-2-4-6-11)25-20(35)23-8-7-22/h2-6,13-14,18H,8-10H2,1H3,(H,24,31)(H,33,34)(H2,23,25,35)/t13?,14-,18?/m0/s1. The van der Waals surface area contributed by atoms with E-state index in [4.69, 9.17) is 5.26 Å². The van der Waals surface area contributed by atoms with Gasteiger partial charge in [0.05, 0.1) is 6.07 Å². The summed E-state index contributed by atoms with van der Waals surface area (Å²) in [6.45, 7) is -0.248. The van der Waals surface area contributed by atoms with Gasteiger partial charge < -0.3 is 21.1 Å². The quantitative estimate of drug-likeness (QED) is 0.183. The molecule has 2 unspecified atom stereocenters. The first kappa shape index (κ1) is 26.0. The van der Waals surface area contributed by atoms with Gasteiger partial charge in [0.2, 0.25) is 11.1 Å². The number of nitrogens with zero attached hydrogens (tertiary/aromatic N) is 6. The monoisotopic (exact) mass is 543 g/mol. The highest BCUT2D eigenvalue weighted by atomic mass is 32.2. The predicted molar refractivity (Wildman–Crippen MR) is 131 cm³/mol. The third-order valence-corrected chi connectivity index (χ3v) is 7.94. The number of carbonyl (C=O) groups excluding carboxylic acids is 3. The van der Waals surface area contributed by atoms with E-state index in [0.29, 0.717) is 22.0 Å². The number of urea groups is 1. The van der Waals surface area contributed by atoms with Crippen molar-refractivity contribution in [2.45, 2.75) is 22.6 Å². The minimum absolute atomic E-state index is 0.115. The van der Waals surface area contributed by atoms with Crippen LogP contribution in [-0.4, -0.2) is 83.5 Å². The number of nitrogens with one attached hydrogen (secondary N) is 3. The molecule has 1 aromatic carbocycles. The number of aromatic nitrogens is 4. The largest absolute Gasteiger partial charge is 0.477 e. The number of tetrazole rings is 1. The number of amides is 4. The van der Waals surface area contributed by atoms with Gasteiger partial charge in [-0.25, -0.2) is 14.3 Å². The lowest BCUT2D eigenvalue weighted by atomic mass is 10.0. The minimum Gasteiger partial charge on any atom is -0.477 e. The molecule has 0 bridgehead atoms. The Kier molecular flexibility index (Phi) is 7.94. The number of aryl methyl sites for hydroxylation is 1. The molecule has 0 saturated carbocycles. The first-order chi connectivity index (χ1) is 17.8. The molecule has 3 atom stereocenters. The van der Waals surface area contributed by atoms with E-state index in [2.05, 4.69) is 31.5 Å². The highest BCUT2D eigenvalue weighted by molar-refractivity contribution is 8.01. The van der Waals surface area contributed by atoms with E-state index in [1.165, 1.54) is 33.1 Å². The summed E-state index contributed by atoms with van der Waals surface area (Å²) in [6, 6.07) is 7.35. The highest BCUT2D eigenvalue weighted by Gasteiger charge is 2.54. The van der Waals surface area contributed by atoms with Gasteiger partial charge in [-0.05, 0) is 21.6 Å². The molecule has 2 aliphatic heterocycles. The lowest BCUT2D eigenvalue weighted by molar-refractivity contribution is -0.151. The van der Waals surface area contributed by atoms with Crippen molar-refractivity contribution < 1.29 is 24.3 Å². The Balaban J connectivity index is 1.48. The molecule has 3 heterocycles. The molecule has 14 nitrogen and oxygen atoms in total. The lowest BCUT2D eigenvalue weighted by Gasteiger charge is -2.49. The highest BCUT2D eigenvalue weighted by Crippen LogP contribution is 2.41. The molecule has 16 heteroatoms. The second-order valence-electron chi connectivity index (χ2n) is 7.86.